The highest BCUT2D eigenvalue weighted by Crippen LogP contribution is 2.22. The molecule has 0 amide bonds. The molecule has 0 aliphatic carbocycles. The zero-order chi connectivity index (χ0) is 12.7. The van der Waals surface area contributed by atoms with Crippen molar-refractivity contribution in [1.82, 2.24) is 4.98 Å². The molecule has 0 bridgehead atoms. The van der Waals surface area contributed by atoms with Crippen LogP contribution in [0.1, 0.15) is 25.0 Å². The number of pyridine rings is 1. The average molecular weight is 232 g/mol. The Morgan fingerprint density at radius 3 is 2.88 bits per heavy atom. The van der Waals surface area contributed by atoms with Crippen molar-refractivity contribution < 1.29 is 4.74 Å². The van der Waals surface area contributed by atoms with Crippen molar-refractivity contribution >= 4 is 0 Å². The molecule has 1 aromatic rings. The Bertz CT molecular complexity index is 384. The Balaban J connectivity index is 2.69. The van der Waals surface area contributed by atoms with Gasteiger partial charge in [-0.2, -0.15) is 0 Å². The van der Waals surface area contributed by atoms with Crippen molar-refractivity contribution in [3.8, 4) is 0 Å². The molecule has 1 atom stereocenters. The normalized spacial score (nSPS) is 13.2. The maximum atomic E-state index is 5.50. The van der Waals surface area contributed by atoms with Gasteiger partial charge in [0.1, 0.15) is 0 Å². The lowest BCUT2D eigenvalue weighted by atomic mass is 10.0. The van der Waals surface area contributed by atoms with E-state index in [0.29, 0.717) is 12.5 Å². The Morgan fingerprint density at radius 1 is 1.59 bits per heavy atom. The predicted molar refractivity (Wildman–Crippen MR) is 70.6 cm³/mol. The molecule has 1 aromatic heterocycles. The standard InChI is InChI=1S/C14H20N2O/c1-11(10-15)8-13(17-3)9-12(2)14-6-4-5-7-16-14/h4-8,12H,1,9-10,15H2,2-3H3. The van der Waals surface area contributed by atoms with Crippen LogP contribution in [-0.4, -0.2) is 18.6 Å². The van der Waals surface area contributed by atoms with E-state index in [1.165, 1.54) is 0 Å². The molecule has 0 saturated heterocycles. The molecule has 17 heavy (non-hydrogen) atoms. The summed E-state index contributed by atoms with van der Waals surface area (Å²) in [6.45, 7) is 6.42. The van der Waals surface area contributed by atoms with Gasteiger partial charge < -0.3 is 10.5 Å². The minimum atomic E-state index is 0.313. The molecule has 2 N–H and O–H groups in total. The van der Waals surface area contributed by atoms with Crippen LogP contribution >= 0.6 is 0 Å². The van der Waals surface area contributed by atoms with Gasteiger partial charge in [-0.3, -0.25) is 4.98 Å². The van der Waals surface area contributed by atoms with Gasteiger partial charge in [0.15, 0.2) is 0 Å². The zero-order valence-electron chi connectivity index (χ0n) is 10.5. The van der Waals surface area contributed by atoms with Crippen LogP contribution in [0.15, 0.2) is 48.4 Å². The van der Waals surface area contributed by atoms with Crippen LogP contribution < -0.4 is 5.73 Å². The third-order valence-electron chi connectivity index (χ3n) is 2.59. The highest BCUT2D eigenvalue weighted by Gasteiger charge is 2.09. The SMILES string of the molecule is C=C(C=C(CC(C)c1ccccn1)OC)CN. The van der Waals surface area contributed by atoms with Gasteiger partial charge in [-0.1, -0.05) is 19.6 Å². The summed E-state index contributed by atoms with van der Waals surface area (Å²) in [6.07, 6.45) is 4.51. The summed E-state index contributed by atoms with van der Waals surface area (Å²) in [5, 5.41) is 0. The van der Waals surface area contributed by atoms with E-state index in [1.807, 2.05) is 24.3 Å². The van der Waals surface area contributed by atoms with E-state index in [2.05, 4.69) is 18.5 Å². The second kappa shape index (κ2) is 6.86. The van der Waals surface area contributed by atoms with Crippen LogP contribution in [0.5, 0.6) is 0 Å². The van der Waals surface area contributed by atoms with E-state index in [1.54, 1.807) is 13.3 Å². The molecule has 0 aliphatic heterocycles. The number of rotatable bonds is 6. The monoisotopic (exact) mass is 232 g/mol. The Labute approximate surface area is 103 Å². The lowest BCUT2D eigenvalue weighted by Crippen LogP contribution is -2.03. The van der Waals surface area contributed by atoms with Crippen LogP contribution in [0.2, 0.25) is 0 Å². The molecule has 1 unspecified atom stereocenters. The van der Waals surface area contributed by atoms with Crippen molar-refractivity contribution in [2.75, 3.05) is 13.7 Å². The van der Waals surface area contributed by atoms with Gasteiger partial charge in [-0.15, -0.1) is 0 Å². The summed E-state index contributed by atoms with van der Waals surface area (Å²) < 4.78 is 5.33. The van der Waals surface area contributed by atoms with Gasteiger partial charge in [0, 0.05) is 30.8 Å². The largest absolute Gasteiger partial charge is 0.501 e. The first-order chi connectivity index (χ1) is 8.17. The zero-order valence-corrected chi connectivity index (χ0v) is 10.5. The van der Waals surface area contributed by atoms with Crippen LogP contribution in [0, 0.1) is 0 Å². The van der Waals surface area contributed by atoms with E-state index in [4.69, 9.17) is 10.5 Å². The molecule has 0 saturated carbocycles. The van der Waals surface area contributed by atoms with Crippen LogP contribution in [0.4, 0.5) is 0 Å². The highest BCUT2D eigenvalue weighted by atomic mass is 16.5. The molecular weight excluding hydrogens is 212 g/mol. The maximum absolute atomic E-state index is 5.50. The average Bonchev–Trinajstić information content (AvgIpc) is 2.38. The lowest BCUT2D eigenvalue weighted by molar-refractivity contribution is 0.271. The topological polar surface area (TPSA) is 48.1 Å². The number of ether oxygens (including phenoxy) is 1. The number of allylic oxidation sites excluding steroid dienone is 1. The number of aromatic nitrogens is 1. The molecule has 0 spiro atoms. The second-order valence-corrected chi connectivity index (χ2v) is 4.04. The van der Waals surface area contributed by atoms with Crippen molar-refractivity contribution in [3.63, 3.8) is 0 Å². The summed E-state index contributed by atoms with van der Waals surface area (Å²) >= 11 is 0. The molecule has 3 nitrogen and oxygen atoms in total. The number of nitrogens with two attached hydrogens (primary N) is 1. The number of methoxy groups -OCH3 is 1. The van der Waals surface area contributed by atoms with Crippen molar-refractivity contribution in [2.45, 2.75) is 19.3 Å². The molecule has 0 fully saturated rings. The Morgan fingerprint density at radius 2 is 2.35 bits per heavy atom. The van der Waals surface area contributed by atoms with Crippen LogP contribution in [0.25, 0.3) is 0 Å². The van der Waals surface area contributed by atoms with E-state index < -0.39 is 0 Å². The van der Waals surface area contributed by atoms with Crippen LogP contribution in [0.3, 0.4) is 0 Å². The number of hydrogen-bond acceptors (Lipinski definition) is 3. The number of hydrogen-bond donors (Lipinski definition) is 1. The van der Waals surface area contributed by atoms with Gasteiger partial charge in [0.2, 0.25) is 0 Å². The molecular formula is C14H20N2O. The lowest BCUT2D eigenvalue weighted by Gasteiger charge is -2.13. The summed E-state index contributed by atoms with van der Waals surface area (Å²) in [6, 6.07) is 5.93. The summed E-state index contributed by atoms with van der Waals surface area (Å²) in [5.41, 5.74) is 7.44. The molecule has 0 aromatic carbocycles. The van der Waals surface area contributed by atoms with E-state index in [0.717, 1.165) is 23.4 Å². The quantitative estimate of drug-likeness (QED) is 0.606. The van der Waals surface area contributed by atoms with Gasteiger partial charge in [-0.05, 0) is 23.8 Å². The Kier molecular flexibility index (Phi) is 5.43. The smallest absolute Gasteiger partial charge is 0.0965 e. The molecule has 1 heterocycles. The maximum Gasteiger partial charge on any atom is 0.0965 e. The van der Waals surface area contributed by atoms with Gasteiger partial charge >= 0.3 is 0 Å². The summed E-state index contributed by atoms with van der Waals surface area (Å²) in [5.74, 6) is 1.20. The minimum Gasteiger partial charge on any atom is -0.501 e. The third kappa shape index (κ3) is 4.41. The first-order valence-corrected chi connectivity index (χ1v) is 5.70. The van der Waals surface area contributed by atoms with Crippen molar-refractivity contribution in [2.24, 2.45) is 5.73 Å². The fraction of sp³-hybridized carbons (Fsp3) is 0.357. The molecule has 92 valence electrons. The highest BCUT2D eigenvalue weighted by molar-refractivity contribution is 5.20. The summed E-state index contributed by atoms with van der Waals surface area (Å²) in [4.78, 5) is 4.34. The van der Waals surface area contributed by atoms with Crippen molar-refractivity contribution in [3.05, 3.63) is 54.1 Å². The van der Waals surface area contributed by atoms with Gasteiger partial charge in [0.25, 0.3) is 0 Å². The first kappa shape index (κ1) is 13.5. The fourth-order valence-corrected chi connectivity index (χ4v) is 1.56. The number of nitrogens with zero attached hydrogens (tertiary/aromatic N) is 1. The first-order valence-electron chi connectivity index (χ1n) is 5.70. The third-order valence-corrected chi connectivity index (χ3v) is 2.59. The molecule has 0 radical (unpaired) electrons. The van der Waals surface area contributed by atoms with Crippen LogP contribution in [-0.2, 0) is 4.74 Å². The van der Waals surface area contributed by atoms with E-state index in [9.17, 15) is 0 Å². The molecule has 0 aliphatic rings. The van der Waals surface area contributed by atoms with Crippen molar-refractivity contribution in [1.29, 1.82) is 0 Å². The summed E-state index contributed by atoms with van der Waals surface area (Å²) in [7, 11) is 1.67. The second-order valence-electron chi connectivity index (χ2n) is 4.04. The fourth-order valence-electron chi connectivity index (χ4n) is 1.56. The predicted octanol–water partition coefficient (Wildman–Crippen LogP) is 2.62. The minimum absolute atomic E-state index is 0.313. The van der Waals surface area contributed by atoms with E-state index in [-0.39, 0.29) is 0 Å². The van der Waals surface area contributed by atoms with Gasteiger partial charge in [-0.25, -0.2) is 0 Å². The Hall–Kier alpha value is -1.61. The molecule has 1 rings (SSSR count). The van der Waals surface area contributed by atoms with Gasteiger partial charge in [0.05, 0.1) is 12.9 Å². The molecule has 3 heteroatoms. The van der Waals surface area contributed by atoms with E-state index >= 15 is 0 Å².